The summed E-state index contributed by atoms with van der Waals surface area (Å²) in [5.41, 5.74) is 2.99. The zero-order valence-electron chi connectivity index (χ0n) is 14.7. The van der Waals surface area contributed by atoms with Crippen molar-refractivity contribution in [1.29, 1.82) is 0 Å². The summed E-state index contributed by atoms with van der Waals surface area (Å²) in [4.78, 5) is 2.69. The molecule has 0 N–H and O–H groups in total. The van der Waals surface area contributed by atoms with Gasteiger partial charge in [0.2, 0.25) is 0 Å². The Balaban J connectivity index is 1.70. The molecule has 0 radical (unpaired) electrons. The van der Waals surface area contributed by atoms with Gasteiger partial charge in [-0.15, -0.1) is 0 Å². The van der Waals surface area contributed by atoms with Gasteiger partial charge in [0.1, 0.15) is 0 Å². The van der Waals surface area contributed by atoms with E-state index in [0.29, 0.717) is 5.92 Å². The van der Waals surface area contributed by atoms with Gasteiger partial charge in [0.05, 0.1) is 0 Å². The van der Waals surface area contributed by atoms with Gasteiger partial charge in [-0.25, -0.2) is 0 Å². The Morgan fingerprint density at radius 2 is 1.78 bits per heavy atom. The normalized spacial score (nSPS) is 21.4. The van der Waals surface area contributed by atoms with E-state index in [9.17, 15) is 0 Å². The molecule has 0 aromatic heterocycles. The minimum atomic E-state index is 0.531. The number of hydrogen-bond acceptors (Lipinski definition) is 1. The van der Waals surface area contributed by atoms with Crippen LogP contribution in [-0.4, -0.2) is 24.5 Å². The molecule has 2 aliphatic rings. The Kier molecular flexibility index (Phi) is 5.72. The van der Waals surface area contributed by atoms with E-state index >= 15 is 0 Å². The summed E-state index contributed by atoms with van der Waals surface area (Å²) in [5, 5.41) is 0. The summed E-state index contributed by atoms with van der Waals surface area (Å²) >= 11 is 0. The van der Waals surface area contributed by atoms with Gasteiger partial charge in [-0.2, -0.15) is 0 Å². The molecule has 0 spiro atoms. The van der Waals surface area contributed by atoms with Crippen LogP contribution in [-0.2, 0) is 0 Å². The maximum Gasteiger partial charge on any atom is 0.0214 e. The van der Waals surface area contributed by atoms with E-state index in [2.05, 4.69) is 67.3 Å². The number of rotatable bonds is 5. The molecule has 23 heavy (non-hydrogen) atoms. The first-order chi connectivity index (χ1) is 11.2. The van der Waals surface area contributed by atoms with Crippen LogP contribution in [0.2, 0.25) is 0 Å². The average Bonchev–Trinajstić information content (AvgIpc) is 2.61. The van der Waals surface area contributed by atoms with Crippen molar-refractivity contribution in [2.75, 3.05) is 19.6 Å². The second-order valence-corrected chi connectivity index (χ2v) is 7.53. The van der Waals surface area contributed by atoms with Crippen molar-refractivity contribution >= 4 is 0 Å². The minimum Gasteiger partial charge on any atom is -0.302 e. The summed E-state index contributed by atoms with van der Waals surface area (Å²) in [6, 6.07) is 11.1. The first kappa shape index (κ1) is 16.5. The second-order valence-electron chi connectivity index (χ2n) is 7.53. The summed E-state index contributed by atoms with van der Waals surface area (Å²) in [6.45, 7) is 8.47. The fourth-order valence-corrected chi connectivity index (χ4v) is 4.04. The predicted octanol–water partition coefficient (Wildman–Crippen LogP) is 5.41. The molecule has 1 atom stereocenters. The van der Waals surface area contributed by atoms with Gasteiger partial charge >= 0.3 is 0 Å². The SMILES string of the molecule is CC(C)C1CCN(CC(C2=CCCC=C2)c2ccccc2)CC1. The van der Waals surface area contributed by atoms with Crippen molar-refractivity contribution in [2.24, 2.45) is 11.8 Å². The smallest absolute Gasteiger partial charge is 0.0214 e. The Bertz CT molecular complexity index is 532. The highest BCUT2D eigenvalue weighted by Crippen LogP contribution is 2.31. The number of hydrogen-bond donors (Lipinski definition) is 0. The number of allylic oxidation sites excluding steroid dienone is 3. The highest BCUT2D eigenvalue weighted by Gasteiger charge is 2.25. The number of benzene rings is 1. The minimum absolute atomic E-state index is 0.531. The van der Waals surface area contributed by atoms with Gasteiger partial charge in [-0.1, -0.05) is 62.4 Å². The highest BCUT2D eigenvalue weighted by atomic mass is 15.1. The van der Waals surface area contributed by atoms with Crippen molar-refractivity contribution in [3.05, 3.63) is 59.7 Å². The number of likely N-dealkylation sites (tertiary alicyclic amines) is 1. The molecular weight excluding hydrogens is 278 g/mol. The quantitative estimate of drug-likeness (QED) is 0.702. The fraction of sp³-hybridized carbons (Fsp3) is 0.545. The fourth-order valence-electron chi connectivity index (χ4n) is 4.04. The monoisotopic (exact) mass is 309 g/mol. The Hall–Kier alpha value is -1.34. The third-order valence-electron chi connectivity index (χ3n) is 5.64. The van der Waals surface area contributed by atoms with Crippen molar-refractivity contribution in [1.82, 2.24) is 4.90 Å². The van der Waals surface area contributed by atoms with Crippen LogP contribution < -0.4 is 0 Å². The van der Waals surface area contributed by atoms with Crippen molar-refractivity contribution in [2.45, 2.75) is 45.4 Å². The lowest BCUT2D eigenvalue weighted by molar-refractivity contribution is 0.154. The number of nitrogens with zero attached hydrogens (tertiary/aromatic N) is 1. The molecule has 1 nitrogen and oxygen atoms in total. The van der Waals surface area contributed by atoms with E-state index in [1.807, 2.05) is 0 Å². The maximum absolute atomic E-state index is 2.69. The van der Waals surface area contributed by atoms with Crippen LogP contribution in [0.15, 0.2) is 54.1 Å². The molecule has 0 saturated carbocycles. The third-order valence-corrected chi connectivity index (χ3v) is 5.64. The van der Waals surface area contributed by atoms with Crippen molar-refractivity contribution < 1.29 is 0 Å². The lowest BCUT2D eigenvalue weighted by atomic mass is 9.84. The van der Waals surface area contributed by atoms with Crippen LogP contribution >= 0.6 is 0 Å². The van der Waals surface area contributed by atoms with E-state index in [0.717, 1.165) is 11.8 Å². The maximum atomic E-state index is 2.69. The highest BCUT2D eigenvalue weighted by molar-refractivity contribution is 5.37. The van der Waals surface area contributed by atoms with Gasteiger partial charge in [-0.3, -0.25) is 0 Å². The molecule has 1 aromatic carbocycles. The van der Waals surface area contributed by atoms with E-state index in [1.54, 1.807) is 0 Å². The molecule has 1 saturated heterocycles. The van der Waals surface area contributed by atoms with Crippen LogP contribution in [0, 0.1) is 11.8 Å². The molecule has 1 unspecified atom stereocenters. The summed E-state index contributed by atoms with van der Waals surface area (Å²) in [7, 11) is 0. The second kappa shape index (κ2) is 7.97. The molecular formula is C22H31N. The lowest BCUT2D eigenvalue weighted by Gasteiger charge is -2.36. The van der Waals surface area contributed by atoms with Crippen LogP contribution in [0.1, 0.15) is 51.0 Å². The van der Waals surface area contributed by atoms with Crippen LogP contribution in [0.4, 0.5) is 0 Å². The predicted molar refractivity (Wildman–Crippen MR) is 99.6 cm³/mol. The number of piperidine rings is 1. The van der Waals surface area contributed by atoms with Crippen molar-refractivity contribution in [3.8, 4) is 0 Å². The van der Waals surface area contributed by atoms with Crippen LogP contribution in [0.25, 0.3) is 0 Å². The molecule has 1 fully saturated rings. The molecule has 0 amide bonds. The first-order valence-corrected chi connectivity index (χ1v) is 9.38. The molecule has 0 bridgehead atoms. The van der Waals surface area contributed by atoms with E-state index in [1.165, 1.54) is 56.5 Å². The summed E-state index contributed by atoms with van der Waals surface area (Å²) in [6.07, 6.45) is 12.3. The van der Waals surface area contributed by atoms with E-state index < -0.39 is 0 Å². The van der Waals surface area contributed by atoms with E-state index in [4.69, 9.17) is 0 Å². The zero-order chi connectivity index (χ0) is 16.1. The van der Waals surface area contributed by atoms with Crippen LogP contribution in [0.5, 0.6) is 0 Å². The lowest BCUT2D eigenvalue weighted by Crippen LogP contribution is -2.38. The standard InChI is InChI=1S/C22H31N/c1-18(2)19-13-15-23(16-14-19)17-22(20-9-5-3-6-10-20)21-11-7-4-8-12-21/h3,5-7,9-12,18-19,22H,4,8,13-17H2,1-2H3. The van der Waals surface area contributed by atoms with Gasteiger partial charge < -0.3 is 4.90 Å². The molecule has 1 heteroatoms. The first-order valence-electron chi connectivity index (χ1n) is 9.38. The van der Waals surface area contributed by atoms with Crippen LogP contribution in [0.3, 0.4) is 0 Å². The third kappa shape index (κ3) is 4.35. The van der Waals surface area contributed by atoms with Gasteiger partial charge in [0, 0.05) is 12.5 Å². The molecule has 1 heterocycles. The summed E-state index contributed by atoms with van der Waals surface area (Å²) < 4.78 is 0. The molecule has 3 rings (SSSR count). The van der Waals surface area contributed by atoms with Crippen molar-refractivity contribution in [3.63, 3.8) is 0 Å². The Morgan fingerprint density at radius 3 is 2.39 bits per heavy atom. The molecule has 1 aliphatic heterocycles. The Morgan fingerprint density at radius 1 is 1.04 bits per heavy atom. The topological polar surface area (TPSA) is 3.24 Å². The van der Waals surface area contributed by atoms with Gasteiger partial charge in [-0.05, 0) is 61.7 Å². The van der Waals surface area contributed by atoms with E-state index in [-0.39, 0.29) is 0 Å². The average molecular weight is 309 g/mol. The molecule has 124 valence electrons. The Labute approximate surface area is 142 Å². The zero-order valence-corrected chi connectivity index (χ0v) is 14.7. The molecule has 1 aliphatic carbocycles. The van der Waals surface area contributed by atoms with Gasteiger partial charge in [0.15, 0.2) is 0 Å². The summed E-state index contributed by atoms with van der Waals surface area (Å²) in [5.74, 6) is 2.30. The van der Waals surface area contributed by atoms with Gasteiger partial charge in [0.25, 0.3) is 0 Å². The molecule has 1 aromatic rings. The largest absolute Gasteiger partial charge is 0.302 e.